The minimum atomic E-state index is -0.810. The molecule has 0 spiro atoms. The van der Waals surface area contributed by atoms with Crippen LogP contribution in [-0.4, -0.2) is 24.2 Å². The number of carboxylic acids is 1. The van der Waals surface area contributed by atoms with Crippen LogP contribution in [0, 0.1) is 17.2 Å². The zero-order valence-electron chi connectivity index (χ0n) is 19.7. The molecule has 3 N–H and O–H groups in total. The second kappa shape index (κ2) is 10.5. The van der Waals surface area contributed by atoms with E-state index in [0.717, 1.165) is 41.9 Å². The van der Waals surface area contributed by atoms with Gasteiger partial charge in [0, 0.05) is 24.8 Å². The first-order valence-electron chi connectivity index (χ1n) is 11.8. The number of carbonyl (C=O) groups is 1. The summed E-state index contributed by atoms with van der Waals surface area (Å²) in [5, 5.41) is 26.2. The van der Waals surface area contributed by atoms with Gasteiger partial charge in [0.25, 0.3) is 0 Å². The summed E-state index contributed by atoms with van der Waals surface area (Å²) in [6.45, 7) is 5.52. The number of nitrogens with zero attached hydrogens (tertiary/aromatic N) is 1. The van der Waals surface area contributed by atoms with Gasteiger partial charge in [-0.25, -0.2) is 0 Å². The van der Waals surface area contributed by atoms with E-state index in [-0.39, 0.29) is 12.0 Å². The summed E-state index contributed by atoms with van der Waals surface area (Å²) < 4.78 is 0. The average molecular weight is 454 g/mol. The summed E-state index contributed by atoms with van der Waals surface area (Å²) in [7, 11) is 0. The molecule has 1 aliphatic heterocycles. The van der Waals surface area contributed by atoms with Gasteiger partial charge in [0.2, 0.25) is 0 Å². The Balaban J connectivity index is 1.51. The zero-order chi connectivity index (χ0) is 24.1. The molecular formula is C29H31N3O2. The largest absolute Gasteiger partial charge is 0.481 e. The van der Waals surface area contributed by atoms with Gasteiger partial charge in [0.1, 0.15) is 0 Å². The zero-order valence-corrected chi connectivity index (χ0v) is 19.7. The van der Waals surface area contributed by atoms with E-state index >= 15 is 0 Å². The van der Waals surface area contributed by atoms with Crippen LogP contribution < -0.4 is 10.6 Å². The number of fused-ring (bicyclic) bond motifs is 1. The van der Waals surface area contributed by atoms with Crippen LogP contribution in [0.5, 0.6) is 0 Å². The number of benzene rings is 3. The third-order valence-corrected chi connectivity index (χ3v) is 6.97. The third kappa shape index (κ3) is 5.13. The van der Waals surface area contributed by atoms with E-state index < -0.39 is 11.9 Å². The molecule has 174 valence electrons. The molecule has 0 aromatic heterocycles. The normalized spacial score (nSPS) is 17.5. The van der Waals surface area contributed by atoms with Crippen molar-refractivity contribution in [2.75, 3.05) is 18.4 Å². The van der Waals surface area contributed by atoms with Gasteiger partial charge >= 0.3 is 5.97 Å². The first kappa shape index (κ1) is 23.5. The molecule has 0 fully saturated rings. The van der Waals surface area contributed by atoms with Gasteiger partial charge in [-0.05, 0) is 59.6 Å². The monoisotopic (exact) mass is 453 g/mol. The van der Waals surface area contributed by atoms with E-state index in [1.807, 2.05) is 48.5 Å². The Morgan fingerprint density at radius 3 is 2.41 bits per heavy atom. The highest BCUT2D eigenvalue weighted by Gasteiger charge is 2.29. The molecule has 3 aromatic rings. The second-order valence-electron chi connectivity index (χ2n) is 9.21. The lowest BCUT2D eigenvalue weighted by molar-refractivity contribution is -0.138. The lowest BCUT2D eigenvalue weighted by atomic mass is 9.83. The lowest BCUT2D eigenvalue weighted by Crippen LogP contribution is -2.37. The molecule has 5 nitrogen and oxygen atoms in total. The molecule has 1 heterocycles. The van der Waals surface area contributed by atoms with E-state index in [1.54, 1.807) is 6.92 Å². The molecule has 1 aliphatic rings. The number of hydrogen-bond acceptors (Lipinski definition) is 4. The van der Waals surface area contributed by atoms with Crippen molar-refractivity contribution >= 4 is 11.7 Å². The molecule has 4 rings (SSSR count). The highest BCUT2D eigenvalue weighted by molar-refractivity contribution is 5.75. The Bertz CT molecular complexity index is 1170. The first-order chi connectivity index (χ1) is 16.5. The number of nitriles is 1. The van der Waals surface area contributed by atoms with Crippen molar-refractivity contribution in [2.24, 2.45) is 5.92 Å². The standard InChI is InChI=1S/C29H31N3O2/c1-19(21-11-13-22(14-12-21)20(2)29(33)34)17-32-28(23-7-4-3-5-8-23)25-15-26-24(16-30)9-6-10-27(26)31-18-25/h3-14,19-20,25,28,31-32H,15,17-18H2,1-2H3,(H,33,34)/t19-,20+,25-,28+/m0/s1. The maximum absolute atomic E-state index is 11.3. The van der Waals surface area contributed by atoms with Gasteiger partial charge in [-0.15, -0.1) is 0 Å². The summed E-state index contributed by atoms with van der Waals surface area (Å²) in [5.74, 6) is -0.755. The number of carboxylic acid groups (broad SMARTS) is 1. The average Bonchev–Trinajstić information content (AvgIpc) is 2.88. The van der Waals surface area contributed by atoms with Crippen molar-refractivity contribution in [3.05, 3.63) is 101 Å². The van der Waals surface area contributed by atoms with Crippen LogP contribution in [0.2, 0.25) is 0 Å². The van der Waals surface area contributed by atoms with Gasteiger partial charge in [0.05, 0.1) is 17.6 Å². The highest BCUT2D eigenvalue weighted by Crippen LogP contribution is 2.34. The van der Waals surface area contributed by atoms with Crippen LogP contribution >= 0.6 is 0 Å². The van der Waals surface area contributed by atoms with Crippen molar-refractivity contribution in [1.29, 1.82) is 5.26 Å². The maximum Gasteiger partial charge on any atom is 0.310 e. The molecule has 0 radical (unpaired) electrons. The third-order valence-electron chi connectivity index (χ3n) is 6.97. The van der Waals surface area contributed by atoms with Gasteiger partial charge in [-0.1, -0.05) is 67.6 Å². The Labute approximate surface area is 201 Å². The van der Waals surface area contributed by atoms with Crippen LogP contribution in [0.15, 0.2) is 72.8 Å². The van der Waals surface area contributed by atoms with Gasteiger partial charge < -0.3 is 15.7 Å². The summed E-state index contributed by atoms with van der Waals surface area (Å²) in [5.41, 5.74) is 6.14. The molecule has 5 heteroatoms. The fourth-order valence-corrected chi connectivity index (χ4v) is 4.78. The SMILES string of the molecule is C[C@@H](CN[C@H](c1ccccc1)[C@@H]1CNc2cccc(C#N)c2C1)c1ccc([C@@H](C)C(=O)O)cc1. The number of rotatable bonds is 8. The molecular weight excluding hydrogens is 422 g/mol. The number of anilines is 1. The predicted molar refractivity (Wildman–Crippen MR) is 135 cm³/mol. The molecule has 0 bridgehead atoms. The van der Waals surface area contributed by atoms with Gasteiger partial charge in [0.15, 0.2) is 0 Å². The van der Waals surface area contributed by atoms with Crippen molar-refractivity contribution in [3.8, 4) is 6.07 Å². The summed E-state index contributed by atoms with van der Waals surface area (Å²) in [4.78, 5) is 11.3. The first-order valence-corrected chi connectivity index (χ1v) is 11.8. The van der Waals surface area contributed by atoms with Gasteiger partial charge in [-0.3, -0.25) is 4.79 Å². The van der Waals surface area contributed by atoms with E-state index in [0.29, 0.717) is 5.92 Å². The Hall–Kier alpha value is -3.62. The van der Waals surface area contributed by atoms with E-state index in [1.165, 1.54) is 11.1 Å². The fourth-order valence-electron chi connectivity index (χ4n) is 4.78. The van der Waals surface area contributed by atoms with Gasteiger partial charge in [-0.2, -0.15) is 5.26 Å². The minimum absolute atomic E-state index is 0.141. The lowest BCUT2D eigenvalue weighted by Gasteiger charge is -2.34. The molecule has 0 saturated carbocycles. The van der Waals surface area contributed by atoms with E-state index in [4.69, 9.17) is 0 Å². The van der Waals surface area contributed by atoms with Crippen LogP contribution in [0.25, 0.3) is 0 Å². The molecule has 3 aromatic carbocycles. The van der Waals surface area contributed by atoms with Crippen molar-refractivity contribution in [3.63, 3.8) is 0 Å². The van der Waals surface area contributed by atoms with Crippen molar-refractivity contribution < 1.29 is 9.90 Å². The number of nitrogens with one attached hydrogen (secondary N) is 2. The maximum atomic E-state index is 11.3. The fraction of sp³-hybridized carbons (Fsp3) is 0.310. The Morgan fingerprint density at radius 2 is 1.74 bits per heavy atom. The summed E-state index contributed by atoms with van der Waals surface area (Å²) in [6.07, 6.45) is 0.842. The molecule has 0 amide bonds. The smallest absolute Gasteiger partial charge is 0.310 e. The van der Waals surface area contributed by atoms with Crippen LogP contribution in [0.3, 0.4) is 0 Å². The van der Waals surface area contributed by atoms with Crippen molar-refractivity contribution in [1.82, 2.24) is 5.32 Å². The molecule has 0 unspecified atom stereocenters. The topological polar surface area (TPSA) is 85.1 Å². The Kier molecular flexibility index (Phi) is 7.30. The van der Waals surface area contributed by atoms with Crippen LogP contribution in [0.1, 0.15) is 59.5 Å². The number of hydrogen-bond donors (Lipinski definition) is 3. The molecule has 0 aliphatic carbocycles. The second-order valence-corrected chi connectivity index (χ2v) is 9.21. The summed E-state index contributed by atoms with van der Waals surface area (Å²) >= 11 is 0. The number of aliphatic carboxylic acids is 1. The predicted octanol–water partition coefficient (Wildman–Crippen LogP) is 5.47. The van der Waals surface area contributed by atoms with E-state index in [9.17, 15) is 15.2 Å². The van der Waals surface area contributed by atoms with Crippen molar-refractivity contribution in [2.45, 2.75) is 38.1 Å². The minimum Gasteiger partial charge on any atom is -0.481 e. The molecule has 0 saturated heterocycles. The quantitative estimate of drug-likeness (QED) is 0.421. The highest BCUT2D eigenvalue weighted by atomic mass is 16.4. The Morgan fingerprint density at radius 1 is 1.03 bits per heavy atom. The van der Waals surface area contributed by atoms with E-state index in [2.05, 4.69) is 47.9 Å². The van der Waals surface area contributed by atoms with Crippen LogP contribution in [0.4, 0.5) is 5.69 Å². The molecule has 34 heavy (non-hydrogen) atoms. The summed E-state index contributed by atoms with van der Waals surface area (Å²) in [6, 6.07) is 26.8. The molecule has 4 atom stereocenters. The van der Waals surface area contributed by atoms with Crippen LogP contribution in [-0.2, 0) is 11.2 Å².